The molecule has 1 N–H and O–H groups in total. The van der Waals surface area contributed by atoms with E-state index in [-0.39, 0.29) is 12.5 Å². The first kappa shape index (κ1) is 16.2. The summed E-state index contributed by atoms with van der Waals surface area (Å²) in [4.78, 5) is 11.8. The molecule has 3 aromatic rings. The summed E-state index contributed by atoms with van der Waals surface area (Å²) in [6, 6.07) is 21.3. The molecule has 0 atom stereocenters. The van der Waals surface area contributed by atoms with Crippen molar-refractivity contribution in [2.24, 2.45) is 5.10 Å². The zero-order valence-corrected chi connectivity index (χ0v) is 14.4. The van der Waals surface area contributed by atoms with Gasteiger partial charge in [0.15, 0.2) is 6.61 Å². The van der Waals surface area contributed by atoms with E-state index in [4.69, 9.17) is 4.74 Å². The third-order valence-corrected chi connectivity index (χ3v) is 3.93. The first-order valence-corrected chi connectivity index (χ1v) is 8.20. The van der Waals surface area contributed by atoms with Gasteiger partial charge in [-0.25, -0.2) is 5.43 Å². The molecule has 0 saturated carbocycles. The van der Waals surface area contributed by atoms with E-state index in [0.717, 1.165) is 20.8 Å². The third-order valence-electron chi connectivity index (χ3n) is 3.40. The lowest BCUT2D eigenvalue weighted by Gasteiger charge is -2.05. The summed E-state index contributed by atoms with van der Waals surface area (Å²) in [6.45, 7) is -0.0888. The van der Waals surface area contributed by atoms with Gasteiger partial charge in [0.25, 0.3) is 5.91 Å². The molecule has 120 valence electrons. The molecule has 3 rings (SSSR count). The Morgan fingerprint density at radius 2 is 1.79 bits per heavy atom. The summed E-state index contributed by atoms with van der Waals surface area (Å²) in [5.41, 5.74) is 3.42. The Labute approximate surface area is 148 Å². The fraction of sp³-hybridized carbons (Fsp3) is 0.0526. The van der Waals surface area contributed by atoms with Crippen LogP contribution >= 0.6 is 15.9 Å². The van der Waals surface area contributed by atoms with E-state index in [0.29, 0.717) is 5.75 Å². The summed E-state index contributed by atoms with van der Waals surface area (Å²) in [6.07, 6.45) is 1.64. The van der Waals surface area contributed by atoms with Crippen LogP contribution in [-0.4, -0.2) is 18.7 Å². The Kier molecular flexibility index (Phi) is 5.23. The number of carbonyl (C=O) groups is 1. The van der Waals surface area contributed by atoms with Gasteiger partial charge in [0.05, 0.1) is 6.21 Å². The second-order valence-electron chi connectivity index (χ2n) is 5.10. The van der Waals surface area contributed by atoms with E-state index in [2.05, 4.69) is 26.5 Å². The highest BCUT2D eigenvalue weighted by molar-refractivity contribution is 9.10. The summed E-state index contributed by atoms with van der Waals surface area (Å²) in [5.74, 6) is 0.320. The van der Waals surface area contributed by atoms with Crippen molar-refractivity contribution in [1.82, 2.24) is 5.43 Å². The lowest BCUT2D eigenvalue weighted by atomic mass is 10.1. The largest absolute Gasteiger partial charge is 0.484 e. The Hall–Kier alpha value is -2.66. The minimum atomic E-state index is -0.311. The molecule has 0 spiro atoms. The number of carbonyl (C=O) groups excluding carboxylic acids is 1. The Balaban J connectivity index is 1.57. The van der Waals surface area contributed by atoms with Crippen LogP contribution in [0.4, 0.5) is 0 Å². The van der Waals surface area contributed by atoms with Gasteiger partial charge in [-0.05, 0) is 35.0 Å². The Morgan fingerprint density at radius 3 is 2.62 bits per heavy atom. The van der Waals surface area contributed by atoms with E-state index in [9.17, 15) is 4.79 Å². The van der Waals surface area contributed by atoms with Crippen molar-refractivity contribution in [2.75, 3.05) is 6.61 Å². The standard InChI is InChI=1S/C19H15BrN2O2/c20-16-8-10-17(11-9-16)24-13-19(23)22-21-12-15-6-3-5-14-4-1-2-7-18(14)15/h1-12H,13H2,(H,22,23). The van der Waals surface area contributed by atoms with Crippen molar-refractivity contribution < 1.29 is 9.53 Å². The molecule has 0 aliphatic heterocycles. The van der Waals surface area contributed by atoms with Crippen molar-refractivity contribution >= 4 is 38.8 Å². The number of hydrogen-bond acceptors (Lipinski definition) is 3. The molecule has 0 saturated heterocycles. The van der Waals surface area contributed by atoms with Crippen LogP contribution in [0, 0.1) is 0 Å². The summed E-state index contributed by atoms with van der Waals surface area (Å²) in [5, 5.41) is 6.22. The van der Waals surface area contributed by atoms with Crippen LogP contribution in [0.1, 0.15) is 5.56 Å². The van der Waals surface area contributed by atoms with Crippen molar-refractivity contribution in [3.63, 3.8) is 0 Å². The number of halogens is 1. The first-order valence-electron chi connectivity index (χ1n) is 7.40. The van der Waals surface area contributed by atoms with Gasteiger partial charge in [0.1, 0.15) is 5.75 Å². The molecule has 0 aliphatic rings. The van der Waals surface area contributed by atoms with Crippen LogP contribution in [0.15, 0.2) is 76.3 Å². The zero-order chi connectivity index (χ0) is 16.8. The van der Waals surface area contributed by atoms with Crippen molar-refractivity contribution in [3.05, 3.63) is 76.8 Å². The Bertz CT molecular complexity index is 871. The van der Waals surface area contributed by atoms with Crippen molar-refractivity contribution in [3.8, 4) is 5.75 Å². The number of amides is 1. The van der Waals surface area contributed by atoms with Gasteiger partial charge in [0, 0.05) is 10.0 Å². The average molecular weight is 383 g/mol. The quantitative estimate of drug-likeness (QED) is 0.532. The molecule has 0 unspecified atom stereocenters. The normalized spacial score (nSPS) is 10.9. The maximum atomic E-state index is 11.8. The van der Waals surface area contributed by atoms with Gasteiger partial charge in [0.2, 0.25) is 0 Å². The molecule has 0 radical (unpaired) electrons. The predicted octanol–water partition coefficient (Wildman–Crippen LogP) is 4.13. The molecule has 0 aliphatic carbocycles. The number of nitrogens with zero attached hydrogens (tertiary/aromatic N) is 1. The molecule has 0 fully saturated rings. The minimum absolute atomic E-state index is 0.0888. The molecule has 0 heterocycles. The lowest BCUT2D eigenvalue weighted by Crippen LogP contribution is -2.24. The fourth-order valence-electron chi connectivity index (χ4n) is 2.25. The lowest BCUT2D eigenvalue weighted by molar-refractivity contribution is -0.123. The smallest absolute Gasteiger partial charge is 0.277 e. The fourth-order valence-corrected chi connectivity index (χ4v) is 2.51. The predicted molar refractivity (Wildman–Crippen MR) is 99.3 cm³/mol. The highest BCUT2D eigenvalue weighted by Crippen LogP contribution is 2.17. The summed E-state index contributed by atoms with van der Waals surface area (Å²) < 4.78 is 6.35. The van der Waals surface area contributed by atoms with E-state index in [1.807, 2.05) is 54.6 Å². The van der Waals surface area contributed by atoms with Gasteiger partial charge >= 0.3 is 0 Å². The molecular formula is C19H15BrN2O2. The van der Waals surface area contributed by atoms with E-state index >= 15 is 0 Å². The highest BCUT2D eigenvalue weighted by Gasteiger charge is 2.02. The van der Waals surface area contributed by atoms with Crippen molar-refractivity contribution in [1.29, 1.82) is 0 Å². The summed E-state index contributed by atoms with van der Waals surface area (Å²) >= 11 is 3.34. The number of fused-ring (bicyclic) bond motifs is 1. The topological polar surface area (TPSA) is 50.7 Å². The van der Waals surface area contributed by atoms with Crippen LogP contribution in [0.3, 0.4) is 0 Å². The van der Waals surface area contributed by atoms with E-state index < -0.39 is 0 Å². The van der Waals surface area contributed by atoms with Gasteiger partial charge in [-0.15, -0.1) is 0 Å². The maximum absolute atomic E-state index is 11.8. The second kappa shape index (κ2) is 7.75. The van der Waals surface area contributed by atoms with Gasteiger partial charge < -0.3 is 4.74 Å². The molecule has 5 heteroatoms. The van der Waals surface area contributed by atoms with Crippen LogP contribution in [0.25, 0.3) is 10.8 Å². The first-order chi connectivity index (χ1) is 11.7. The van der Waals surface area contributed by atoms with Crippen LogP contribution < -0.4 is 10.2 Å². The SMILES string of the molecule is O=C(COc1ccc(Br)cc1)NN=Cc1cccc2ccccc12. The van der Waals surface area contributed by atoms with Crippen molar-refractivity contribution in [2.45, 2.75) is 0 Å². The maximum Gasteiger partial charge on any atom is 0.277 e. The molecule has 3 aromatic carbocycles. The zero-order valence-electron chi connectivity index (χ0n) is 12.8. The van der Waals surface area contributed by atoms with Gasteiger partial charge in [-0.3, -0.25) is 4.79 Å². The number of rotatable bonds is 5. The molecular weight excluding hydrogens is 368 g/mol. The number of hydrogen-bond donors (Lipinski definition) is 1. The van der Waals surface area contributed by atoms with E-state index in [1.165, 1.54) is 0 Å². The number of benzene rings is 3. The van der Waals surface area contributed by atoms with Crippen LogP contribution in [0.5, 0.6) is 5.75 Å². The monoisotopic (exact) mass is 382 g/mol. The Morgan fingerprint density at radius 1 is 1.04 bits per heavy atom. The molecule has 0 aromatic heterocycles. The van der Waals surface area contributed by atoms with Gasteiger partial charge in [-0.2, -0.15) is 5.10 Å². The van der Waals surface area contributed by atoms with Gasteiger partial charge in [-0.1, -0.05) is 58.4 Å². The highest BCUT2D eigenvalue weighted by atomic mass is 79.9. The minimum Gasteiger partial charge on any atom is -0.484 e. The number of ether oxygens (including phenoxy) is 1. The number of nitrogens with one attached hydrogen (secondary N) is 1. The average Bonchev–Trinajstić information content (AvgIpc) is 2.61. The number of hydrazone groups is 1. The molecule has 24 heavy (non-hydrogen) atoms. The van der Waals surface area contributed by atoms with Crippen LogP contribution in [-0.2, 0) is 4.79 Å². The van der Waals surface area contributed by atoms with Crippen LogP contribution in [0.2, 0.25) is 0 Å². The molecule has 4 nitrogen and oxygen atoms in total. The summed E-state index contributed by atoms with van der Waals surface area (Å²) in [7, 11) is 0. The van der Waals surface area contributed by atoms with E-state index in [1.54, 1.807) is 18.3 Å². The molecule has 1 amide bonds. The third kappa shape index (κ3) is 4.20. The molecule has 0 bridgehead atoms. The second-order valence-corrected chi connectivity index (χ2v) is 6.02.